The summed E-state index contributed by atoms with van der Waals surface area (Å²) in [5.74, 6) is -2.46. The molecule has 1 N–H and O–H groups in total. The number of hydrogen-bond acceptors (Lipinski definition) is 3. The van der Waals surface area contributed by atoms with Crippen LogP contribution in [0.4, 0.5) is 13.2 Å². The molecule has 0 fully saturated rings. The van der Waals surface area contributed by atoms with Gasteiger partial charge in [-0.2, -0.15) is 13.2 Å². The van der Waals surface area contributed by atoms with E-state index in [2.05, 4.69) is 9.47 Å². The summed E-state index contributed by atoms with van der Waals surface area (Å²) in [6, 6.07) is 3.75. The maximum absolute atomic E-state index is 13.0. The van der Waals surface area contributed by atoms with Gasteiger partial charge in [0.1, 0.15) is 0 Å². The normalized spacial score (nSPS) is 21.8. The first-order chi connectivity index (χ1) is 8.85. The van der Waals surface area contributed by atoms with Gasteiger partial charge in [0.15, 0.2) is 11.5 Å². The van der Waals surface area contributed by atoms with E-state index in [1.54, 1.807) is 6.92 Å². The van der Waals surface area contributed by atoms with Crippen LogP contribution >= 0.6 is 0 Å². The van der Waals surface area contributed by atoms with Crippen LogP contribution in [0.1, 0.15) is 24.8 Å². The zero-order chi connectivity index (χ0) is 14.2. The molecule has 1 aromatic rings. The van der Waals surface area contributed by atoms with E-state index in [1.807, 2.05) is 0 Å². The Balaban J connectivity index is 2.37. The van der Waals surface area contributed by atoms with E-state index >= 15 is 0 Å². The smallest absolute Gasteiger partial charge is 0.468 e. The maximum Gasteiger partial charge on any atom is 0.468 e. The lowest BCUT2D eigenvalue weighted by Gasteiger charge is -2.29. The van der Waals surface area contributed by atoms with Crippen LogP contribution in [0.2, 0.25) is 0 Å². The summed E-state index contributed by atoms with van der Waals surface area (Å²) < 4.78 is 47.5. The van der Waals surface area contributed by atoms with E-state index in [1.165, 1.54) is 12.1 Å². The zero-order valence-corrected chi connectivity index (χ0v) is 9.90. The Kier molecular flexibility index (Phi) is 3.30. The molecule has 2 unspecified atom stereocenters. The molecular weight excluding hydrogens is 265 g/mol. The molecule has 0 radical (unpaired) electrons. The number of carboxylic acids is 1. The molecule has 0 saturated carbocycles. The molecule has 2 atom stereocenters. The van der Waals surface area contributed by atoms with Crippen molar-refractivity contribution >= 4 is 5.97 Å². The monoisotopic (exact) mass is 276 g/mol. The Labute approximate surface area is 106 Å². The fraction of sp³-hybridized carbons (Fsp3) is 0.417. The third kappa shape index (κ3) is 2.45. The Morgan fingerprint density at radius 1 is 1.47 bits per heavy atom. The first-order valence-corrected chi connectivity index (χ1v) is 5.59. The van der Waals surface area contributed by atoms with Crippen LogP contribution in [-0.4, -0.2) is 23.5 Å². The number of ether oxygens (including phenoxy) is 2. The van der Waals surface area contributed by atoms with Gasteiger partial charge in [-0.3, -0.25) is 4.79 Å². The number of hydrogen-bond donors (Lipinski definition) is 1. The van der Waals surface area contributed by atoms with Crippen molar-refractivity contribution in [2.45, 2.75) is 31.7 Å². The van der Waals surface area contributed by atoms with Crippen molar-refractivity contribution in [2.24, 2.45) is 0 Å². The summed E-state index contributed by atoms with van der Waals surface area (Å²) in [5.41, 5.74) is 0.297. The summed E-state index contributed by atoms with van der Waals surface area (Å²) in [6.07, 6.45) is -6.68. The average molecular weight is 276 g/mol. The number of carbonyl (C=O) groups is 1. The van der Waals surface area contributed by atoms with Crippen molar-refractivity contribution in [2.75, 3.05) is 0 Å². The van der Waals surface area contributed by atoms with E-state index in [4.69, 9.17) is 5.11 Å². The molecule has 1 aliphatic rings. The maximum atomic E-state index is 13.0. The van der Waals surface area contributed by atoms with Crippen molar-refractivity contribution in [3.8, 4) is 11.5 Å². The molecule has 0 spiro atoms. The SMILES string of the molecule is CCC(C(=O)O)c1ccc2c(c1)OC(F)(F)C(F)O2. The minimum atomic E-state index is -4.09. The van der Waals surface area contributed by atoms with E-state index in [9.17, 15) is 18.0 Å². The Hall–Kier alpha value is -1.92. The highest BCUT2D eigenvalue weighted by Gasteiger charge is 2.49. The van der Waals surface area contributed by atoms with Crippen molar-refractivity contribution < 1.29 is 32.5 Å². The molecule has 1 aliphatic heterocycles. The van der Waals surface area contributed by atoms with Crippen LogP contribution < -0.4 is 9.47 Å². The Bertz CT molecular complexity index is 504. The second kappa shape index (κ2) is 4.64. The van der Waals surface area contributed by atoms with Gasteiger partial charge >= 0.3 is 18.4 Å². The van der Waals surface area contributed by atoms with Gasteiger partial charge in [0.05, 0.1) is 5.92 Å². The molecule has 4 nitrogen and oxygen atoms in total. The molecule has 104 valence electrons. The van der Waals surface area contributed by atoms with Crippen molar-refractivity contribution in [1.29, 1.82) is 0 Å². The largest absolute Gasteiger partial charge is 0.481 e. The quantitative estimate of drug-likeness (QED) is 0.922. The van der Waals surface area contributed by atoms with Crippen molar-refractivity contribution in [3.05, 3.63) is 23.8 Å². The van der Waals surface area contributed by atoms with Gasteiger partial charge in [0.25, 0.3) is 0 Å². The lowest BCUT2D eigenvalue weighted by Crippen LogP contribution is -2.43. The fourth-order valence-corrected chi connectivity index (χ4v) is 1.84. The Morgan fingerprint density at radius 3 is 2.74 bits per heavy atom. The van der Waals surface area contributed by atoms with Crippen LogP contribution in [0, 0.1) is 0 Å². The molecule has 0 saturated heterocycles. The number of alkyl halides is 3. The Morgan fingerprint density at radius 2 is 2.16 bits per heavy atom. The number of fused-ring (bicyclic) bond motifs is 1. The van der Waals surface area contributed by atoms with Gasteiger partial charge in [0.2, 0.25) is 0 Å². The lowest BCUT2D eigenvalue weighted by molar-refractivity contribution is -0.281. The van der Waals surface area contributed by atoms with Gasteiger partial charge in [-0.15, -0.1) is 0 Å². The molecule has 19 heavy (non-hydrogen) atoms. The molecule has 7 heteroatoms. The topological polar surface area (TPSA) is 55.8 Å². The van der Waals surface area contributed by atoms with E-state index in [0.29, 0.717) is 5.56 Å². The summed E-state index contributed by atoms with van der Waals surface area (Å²) >= 11 is 0. The highest BCUT2D eigenvalue weighted by molar-refractivity contribution is 5.76. The zero-order valence-electron chi connectivity index (χ0n) is 9.90. The fourth-order valence-electron chi connectivity index (χ4n) is 1.84. The van der Waals surface area contributed by atoms with E-state index in [0.717, 1.165) is 6.07 Å². The van der Waals surface area contributed by atoms with Crippen LogP contribution in [-0.2, 0) is 4.79 Å². The van der Waals surface area contributed by atoms with E-state index in [-0.39, 0.29) is 17.9 Å². The standard InChI is InChI=1S/C12H11F3O4/c1-2-7(10(16)17)6-3-4-8-9(5-6)19-12(14,15)11(13)18-8/h3-5,7,11H,2H2,1H3,(H,16,17). The van der Waals surface area contributed by atoms with Gasteiger partial charge in [0, 0.05) is 0 Å². The molecule has 0 amide bonds. The number of rotatable bonds is 3. The lowest BCUT2D eigenvalue weighted by atomic mass is 9.96. The summed E-state index contributed by atoms with van der Waals surface area (Å²) in [7, 11) is 0. The second-order valence-corrected chi connectivity index (χ2v) is 4.10. The van der Waals surface area contributed by atoms with Crippen LogP contribution in [0.15, 0.2) is 18.2 Å². The number of carboxylic acid groups (broad SMARTS) is 1. The van der Waals surface area contributed by atoms with Gasteiger partial charge in [-0.25, -0.2) is 0 Å². The minimum Gasteiger partial charge on any atom is -0.481 e. The highest BCUT2D eigenvalue weighted by atomic mass is 19.3. The second-order valence-electron chi connectivity index (χ2n) is 4.10. The van der Waals surface area contributed by atoms with Gasteiger partial charge < -0.3 is 14.6 Å². The predicted octanol–water partition coefficient (Wildman–Crippen LogP) is 2.92. The number of benzene rings is 1. The molecular formula is C12H11F3O4. The van der Waals surface area contributed by atoms with Gasteiger partial charge in [-0.1, -0.05) is 13.0 Å². The van der Waals surface area contributed by atoms with Crippen LogP contribution in [0.5, 0.6) is 11.5 Å². The molecule has 0 aliphatic carbocycles. The molecule has 1 aromatic carbocycles. The highest BCUT2D eigenvalue weighted by Crippen LogP contribution is 2.42. The molecule has 0 bridgehead atoms. The molecule has 0 aromatic heterocycles. The van der Waals surface area contributed by atoms with Crippen molar-refractivity contribution in [1.82, 2.24) is 0 Å². The summed E-state index contributed by atoms with van der Waals surface area (Å²) in [5, 5.41) is 9.00. The minimum absolute atomic E-state index is 0.178. The van der Waals surface area contributed by atoms with Crippen LogP contribution in [0.3, 0.4) is 0 Å². The first kappa shape index (κ1) is 13.5. The van der Waals surface area contributed by atoms with E-state index < -0.39 is 24.4 Å². The number of halogens is 3. The van der Waals surface area contributed by atoms with Crippen LogP contribution in [0.25, 0.3) is 0 Å². The summed E-state index contributed by atoms with van der Waals surface area (Å²) in [4.78, 5) is 11.0. The average Bonchev–Trinajstić information content (AvgIpc) is 2.31. The van der Waals surface area contributed by atoms with Gasteiger partial charge in [-0.05, 0) is 24.1 Å². The third-order valence-electron chi connectivity index (χ3n) is 2.82. The molecule has 2 rings (SSSR count). The molecule has 1 heterocycles. The summed E-state index contributed by atoms with van der Waals surface area (Å²) in [6.45, 7) is 1.65. The third-order valence-corrected chi connectivity index (χ3v) is 2.82. The first-order valence-electron chi connectivity index (χ1n) is 5.59. The predicted molar refractivity (Wildman–Crippen MR) is 58.2 cm³/mol. The van der Waals surface area contributed by atoms with Crippen molar-refractivity contribution in [3.63, 3.8) is 0 Å². The number of aliphatic carboxylic acids is 1.